The third-order valence-electron chi connectivity index (χ3n) is 2.03. The molecule has 3 heteroatoms. The Morgan fingerprint density at radius 2 is 2.33 bits per heavy atom. The summed E-state index contributed by atoms with van der Waals surface area (Å²) in [4.78, 5) is 10.4. The molecule has 15 heavy (non-hydrogen) atoms. The van der Waals surface area contributed by atoms with Gasteiger partial charge in [0.2, 0.25) is 0 Å². The summed E-state index contributed by atoms with van der Waals surface area (Å²) in [6.45, 7) is 5.59. The quantitative estimate of drug-likeness (QED) is 0.467. The van der Waals surface area contributed by atoms with Crippen molar-refractivity contribution in [3.05, 3.63) is 42.0 Å². The fraction of sp³-hybridized carbons (Fsp3) is 0.250. The Morgan fingerprint density at radius 3 is 2.93 bits per heavy atom. The van der Waals surface area contributed by atoms with E-state index in [1.54, 1.807) is 12.1 Å². The van der Waals surface area contributed by atoms with Gasteiger partial charge in [-0.15, -0.1) is 6.58 Å². The topological polar surface area (TPSA) is 46.5 Å². The number of ether oxygens (including phenoxy) is 1. The van der Waals surface area contributed by atoms with Crippen molar-refractivity contribution in [3.8, 4) is 5.75 Å². The maximum Gasteiger partial charge on any atom is 0.511 e. The highest BCUT2D eigenvalue weighted by molar-refractivity contribution is 5.62. The summed E-state index contributed by atoms with van der Waals surface area (Å²) in [5.41, 5.74) is 1.99. The molecule has 0 aliphatic rings. The second-order valence-electron chi connectivity index (χ2n) is 3.31. The van der Waals surface area contributed by atoms with E-state index in [9.17, 15) is 4.79 Å². The molecular weight excluding hydrogens is 192 g/mol. The van der Waals surface area contributed by atoms with Crippen LogP contribution in [0.4, 0.5) is 4.79 Å². The molecule has 0 aromatic heterocycles. The van der Waals surface area contributed by atoms with Crippen LogP contribution in [0.2, 0.25) is 0 Å². The van der Waals surface area contributed by atoms with Crippen LogP contribution in [0.3, 0.4) is 0 Å². The van der Waals surface area contributed by atoms with Gasteiger partial charge < -0.3 is 9.84 Å². The fourth-order valence-electron chi connectivity index (χ4n) is 1.35. The lowest BCUT2D eigenvalue weighted by Crippen LogP contribution is -2.05. The average molecular weight is 206 g/mol. The molecule has 0 fully saturated rings. The molecule has 1 rings (SSSR count). The van der Waals surface area contributed by atoms with Crippen LogP contribution in [0.1, 0.15) is 17.5 Å². The molecule has 0 radical (unpaired) electrons. The number of carboxylic acid groups (broad SMARTS) is 1. The summed E-state index contributed by atoms with van der Waals surface area (Å²) in [6, 6.07) is 5.44. The van der Waals surface area contributed by atoms with E-state index in [0.29, 0.717) is 5.75 Å². The van der Waals surface area contributed by atoms with Crippen molar-refractivity contribution in [1.29, 1.82) is 0 Å². The molecule has 3 nitrogen and oxygen atoms in total. The number of benzene rings is 1. The van der Waals surface area contributed by atoms with Crippen molar-refractivity contribution >= 4 is 6.16 Å². The van der Waals surface area contributed by atoms with Gasteiger partial charge in [0.05, 0.1) is 0 Å². The predicted octanol–water partition coefficient (Wildman–Crippen LogP) is 3.17. The van der Waals surface area contributed by atoms with Gasteiger partial charge >= 0.3 is 6.16 Å². The van der Waals surface area contributed by atoms with Crippen LogP contribution in [0.15, 0.2) is 30.9 Å². The summed E-state index contributed by atoms with van der Waals surface area (Å²) in [5, 5.41) is 8.54. The molecule has 1 aromatic rings. The van der Waals surface area contributed by atoms with Gasteiger partial charge in [0.25, 0.3) is 0 Å². The molecule has 1 N–H and O–H groups in total. The number of rotatable bonds is 4. The first kappa shape index (κ1) is 11.3. The summed E-state index contributed by atoms with van der Waals surface area (Å²) < 4.78 is 4.68. The lowest BCUT2D eigenvalue weighted by atomic mass is 10.1. The van der Waals surface area contributed by atoms with Crippen molar-refractivity contribution in [2.24, 2.45) is 0 Å². The molecule has 0 saturated heterocycles. The SMILES string of the molecule is C=CCCc1cc(C)ccc1OC(=O)O. The minimum atomic E-state index is -1.28. The molecule has 0 unspecified atom stereocenters. The van der Waals surface area contributed by atoms with Crippen LogP contribution < -0.4 is 4.74 Å². The number of aryl methyl sites for hydroxylation is 2. The number of hydrogen-bond acceptors (Lipinski definition) is 2. The van der Waals surface area contributed by atoms with E-state index in [1.165, 1.54) is 0 Å². The van der Waals surface area contributed by atoms with Gasteiger partial charge in [0.15, 0.2) is 0 Å². The summed E-state index contributed by atoms with van der Waals surface area (Å²) in [6.07, 6.45) is 2.07. The van der Waals surface area contributed by atoms with Gasteiger partial charge in [-0.3, -0.25) is 0 Å². The van der Waals surface area contributed by atoms with Gasteiger partial charge in [0, 0.05) is 0 Å². The Hall–Kier alpha value is -1.77. The first-order valence-corrected chi connectivity index (χ1v) is 4.74. The minimum absolute atomic E-state index is 0.412. The second-order valence-corrected chi connectivity index (χ2v) is 3.31. The fourth-order valence-corrected chi connectivity index (χ4v) is 1.35. The normalized spacial score (nSPS) is 9.67. The first-order chi connectivity index (χ1) is 7.13. The molecule has 0 atom stereocenters. The lowest BCUT2D eigenvalue weighted by Gasteiger charge is -2.07. The zero-order chi connectivity index (χ0) is 11.3. The van der Waals surface area contributed by atoms with Crippen LogP contribution >= 0.6 is 0 Å². The standard InChI is InChI=1S/C12H14O3/c1-3-4-5-10-8-9(2)6-7-11(10)15-12(13)14/h3,6-8H,1,4-5H2,2H3,(H,13,14). The molecule has 0 heterocycles. The maximum absolute atomic E-state index is 10.4. The van der Waals surface area contributed by atoms with Crippen molar-refractivity contribution in [2.45, 2.75) is 19.8 Å². The number of allylic oxidation sites excluding steroid dienone is 1. The van der Waals surface area contributed by atoms with Crippen molar-refractivity contribution in [3.63, 3.8) is 0 Å². The van der Waals surface area contributed by atoms with E-state index in [2.05, 4.69) is 11.3 Å². The third-order valence-corrected chi connectivity index (χ3v) is 2.03. The smallest absolute Gasteiger partial charge is 0.449 e. The molecule has 0 amide bonds. The van der Waals surface area contributed by atoms with E-state index in [4.69, 9.17) is 5.11 Å². The Bertz CT molecular complexity index is 369. The van der Waals surface area contributed by atoms with Gasteiger partial charge in [-0.2, -0.15) is 0 Å². The van der Waals surface area contributed by atoms with Crippen molar-refractivity contribution in [2.75, 3.05) is 0 Å². The van der Waals surface area contributed by atoms with E-state index in [0.717, 1.165) is 24.0 Å². The molecule has 0 aliphatic heterocycles. The van der Waals surface area contributed by atoms with Gasteiger partial charge in [0.1, 0.15) is 5.75 Å². The van der Waals surface area contributed by atoms with Crippen LogP contribution in [0.25, 0.3) is 0 Å². The molecule has 1 aromatic carbocycles. The Kier molecular flexibility index (Phi) is 3.92. The Balaban J connectivity index is 2.91. The zero-order valence-electron chi connectivity index (χ0n) is 8.69. The third kappa shape index (κ3) is 3.46. The molecular formula is C12H14O3. The number of hydrogen-bond donors (Lipinski definition) is 1. The van der Waals surface area contributed by atoms with E-state index in [-0.39, 0.29) is 0 Å². The van der Waals surface area contributed by atoms with Crippen LogP contribution in [0.5, 0.6) is 5.75 Å². The van der Waals surface area contributed by atoms with E-state index >= 15 is 0 Å². The average Bonchev–Trinajstić information content (AvgIpc) is 2.18. The molecule has 0 bridgehead atoms. The maximum atomic E-state index is 10.4. The summed E-state index contributed by atoms with van der Waals surface area (Å²) in [7, 11) is 0. The molecule has 0 saturated carbocycles. The monoisotopic (exact) mass is 206 g/mol. The largest absolute Gasteiger partial charge is 0.511 e. The number of carbonyl (C=O) groups is 1. The van der Waals surface area contributed by atoms with Gasteiger partial charge in [-0.25, -0.2) is 4.79 Å². The molecule has 0 aliphatic carbocycles. The van der Waals surface area contributed by atoms with E-state index in [1.807, 2.05) is 19.1 Å². The van der Waals surface area contributed by atoms with E-state index < -0.39 is 6.16 Å². The van der Waals surface area contributed by atoms with Gasteiger partial charge in [-0.05, 0) is 31.4 Å². The first-order valence-electron chi connectivity index (χ1n) is 4.74. The van der Waals surface area contributed by atoms with Crippen LogP contribution in [0, 0.1) is 6.92 Å². The van der Waals surface area contributed by atoms with Gasteiger partial charge in [-0.1, -0.05) is 23.8 Å². The van der Waals surface area contributed by atoms with Crippen molar-refractivity contribution in [1.82, 2.24) is 0 Å². The Morgan fingerprint density at radius 1 is 1.60 bits per heavy atom. The lowest BCUT2D eigenvalue weighted by molar-refractivity contribution is 0.144. The molecule has 80 valence electrons. The zero-order valence-corrected chi connectivity index (χ0v) is 8.69. The second kappa shape index (κ2) is 5.20. The van der Waals surface area contributed by atoms with Crippen molar-refractivity contribution < 1.29 is 14.6 Å². The highest BCUT2D eigenvalue weighted by Crippen LogP contribution is 2.21. The predicted molar refractivity (Wildman–Crippen MR) is 58.3 cm³/mol. The summed E-state index contributed by atoms with van der Waals surface area (Å²) in [5.74, 6) is 0.412. The highest BCUT2D eigenvalue weighted by atomic mass is 16.7. The summed E-state index contributed by atoms with van der Waals surface area (Å²) >= 11 is 0. The molecule has 0 spiro atoms. The highest BCUT2D eigenvalue weighted by Gasteiger charge is 2.07. The van der Waals surface area contributed by atoms with Crippen LogP contribution in [-0.4, -0.2) is 11.3 Å². The Labute approximate surface area is 89.0 Å². The minimum Gasteiger partial charge on any atom is -0.449 e. The van der Waals surface area contributed by atoms with Crippen LogP contribution in [-0.2, 0) is 6.42 Å².